The number of aryl methyl sites for hydroxylation is 1. The van der Waals surface area contributed by atoms with Crippen LogP contribution in [-0.4, -0.2) is 56.9 Å². The largest absolute Gasteiger partial charge is 0.505 e. The van der Waals surface area contributed by atoms with E-state index in [1.807, 2.05) is 18.5 Å². The van der Waals surface area contributed by atoms with Crippen LogP contribution in [0.4, 0.5) is 10.3 Å². The van der Waals surface area contributed by atoms with E-state index in [1.54, 1.807) is 4.90 Å². The molecule has 1 saturated heterocycles. The van der Waals surface area contributed by atoms with Gasteiger partial charge in [-0.25, -0.2) is 4.39 Å². The number of aromatic nitrogens is 3. The van der Waals surface area contributed by atoms with Crippen molar-refractivity contribution in [2.45, 2.75) is 6.92 Å². The maximum atomic E-state index is 13.4. The molecule has 1 fully saturated rings. The quantitative estimate of drug-likeness (QED) is 0.891. The summed E-state index contributed by atoms with van der Waals surface area (Å²) in [7, 11) is 1.90. The molecule has 0 atom stereocenters. The average Bonchev–Trinajstić information content (AvgIpc) is 2.89. The fourth-order valence-electron chi connectivity index (χ4n) is 2.60. The molecule has 1 aromatic heterocycles. The predicted molar refractivity (Wildman–Crippen MR) is 81.9 cm³/mol. The van der Waals surface area contributed by atoms with Crippen molar-refractivity contribution in [1.29, 1.82) is 0 Å². The van der Waals surface area contributed by atoms with Crippen molar-refractivity contribution >= 4 is 11.9 Å². The van der Waals surface area contributed by atoms with Gasteiger partial charge >= 0.3 is 0 Å². The molecular formula is C15H18FN5O2. The number of amides is 1. The number of hydrogen-bond acceptors (Lipinski definition) is 5. The number of anilines is 1. The van der Waals surface area contributed by atoms with Crippen LogP contribution in [0.2, 0.25) is 0 Å². The number of benzene rings is 1. The normalized spacial score (nSPS) is 15.1. The molecule has 1 aliphatic heterocycles. The van der Waals surface area contributed by atoms with Crippen molar-refractivity contribution in [1.82, 2.24) is 19.7 Å². The van der Waals surface area contributed by atoms with Crippen molar-refractivity contribution in [2.75, 3.05) is 31.1 Å². The molecule has 1 aliphatic rings. The lowest BCUT2D eigenvalue weighted by atomic mass is 10.1. The lowest BCUT2D eigenvalue weighted by Gasteiger charge is -2.35. The lowest BCUT2D eigenvalue weighted by molar-refractivity contribution is 0.0745. The van der Waals surface area contributed by atoms with Crippen molar-refractivity contribution in [2.24, 2.45) is 7.05 Å². The van der Waals surface area contributed by atoms with Gasteiger partial charge in [-0.2, -0.15) is 0 Å². The summed E-state index contributed by atoms with van der Waals surface area (Å²) in [6.45, 7) is 4.20. The standard InChI is InChI=1S/C15H18FN5O2/c1-10-17-18-15(19(10)2)21-7-5-20(6-8-21)14(23)11-3-4-13(22)12(16)9-11/h3-4,9,22H,5-8H2,1-2H3. The fraction of sp³-hybridized carbons (Fsp3) is 0.400. The highest BCUT2D eigenvalue weighted by atomic mass is 19.1. The molecule has 0 bridgehead atoms. The summed E-state index contributed by atoms with van der Waals surface area (Å²) in [6.07, 6.45) is 0. The first kappa shape index (κ1) is 15.3. The Bertz CT molecular complexity index is 737. The van der Waals surface area contributed by atoms with E-state index in [-0.39, 0.29) is 11.5 Å². The number of phenols is 1. The SMILES string of the molecule is Cc1nnc(N2CCN(C(=O)c3ccc(O)c(F)c3)CC2)n1C. The molecule has 2 aromatic rings. The molecule has 122 valence electrons. The Labute approximate surface area is 133 Å². The minimum atomic E-state index is -0.788. The van der Waals surface area contributed by atoms with Gasteiger partial charge in [0.15, 0.2) is 11.6 Å². The Morgan fingerprint density at radius 2 is 1.91 bits per heavy atom. The molecule has 3 rings (SSSR count). The number of nitrogens with zero attached hydrogens (tertiary/aromatic N) is 5. The van der Waals surface area contributed by atoms with Crippen LogP contribution in [0.3, 0.4) is 0 Å². The first-order chi connectivity index (χ1) is 11.0. The minimum Gasteiger partial charge on any atom is -0.505 e. The summed E-state index contributed by atoms with van der Waals surface area (Å²) in [6, 6.07) is 3.69. The minimum absolute atomic E-state index is 0.238. The highest BCUT2D eigenvalue weighted by molar-refractivity contribution is 5.94. The molecule has 0 spiro atoms. The Hall–Kier alpha value is -2.64. The molecular weight excluding hydrogens is 301 g/mol. The molecule has 7 nitrogen and oxygen atoms in total. The van der Waals surface area contributed by atoms with Crippen LogP contribution >= 0.6 is 0 Å². The number of aromatic hydroxyl groups is 1. The first-order valence-corrected chi connectivity index (χ1v) is 7.36. The Balaban J connectivity index is 1.67. The molecule has 0 aliphatic carbocycles. The lowest BCUT2D eigenvalue weighted by Crippen LogP contribution is -2.49. The van der Waals surface area contributed by atoms with Crippen LogP contribution in [0.1, 0.15) is 16.2 Å². The number of rotatable bonds is 2. The maximum absolute atomic E-state index is 13.4. The zero-order chi connectivity index (χ0) is 16.6. The van der Waals surface area contributed by atoms with E-state index in [2.05, 4.69) is 15.1 Å². The highest BCUT2D eigenvalue weighted by Gasteiger charge is 2.25. The van der Waals surface area contributed by atoms with Crippen molar-refractivity contribution < 1.29 is 14.3 Å². The van der Waals surface area contributed by atoms with Gasteiger partial charge in [0.05, 0.1) is 0 Å². The fourth-order valence-corrected chi connectivity index (χ4v) is 2.60. The molecule has 1 amide bonds. The Morgan fingerprint density at radius 1 is 1.22 bits per heavy atom. The van der Waals surface area contributed by atoms with Gasteiger partial charge in [0, 0.05) is 38.8 Å². The van der Waals surface area contributed by atoms with Gasteiger partial charge in [-0.1, -0.05) is 0 Å². The van der Waals surface area contributed by atoms with E-state index in [0.717, 1.165) is 17.8 Å². The monoisotopic (exact) mass is 319 g/mol. The number of hydrogen-bond donors (Lipinski definition) is 1. The zero-order valence-corrected chi connectivity index (χ0v) is 13.0. The number of carbonyl (C=O) groups is 1. The van der Waals surface area contributed by atoms with E-state index in [4.69, 9.17) is 0 Å². The maximum Gasteiger partial charge on any atom is 0.254 e. The Morgan fingerprint density at radius 3 is 2.48 bits per heavy atom. The van der Waals surface area contributed by atoms with Gasteiger partial charge in [-0.05, 0) is 25.1 Å². The average molecular weight is 319 g/mol. The zero-order valence-electron chi connectivity index (χ0n) is 13.0. The van der Waals surface area contributed by atoms with E-state index in [1.165, 1.54) is 12.1 Å². The van der Waals surface area contributed by atoms with E-state index in [9.17, 15) is 14.3 Å². The predicted octanol–water partition coefficient (Wildman–Crippen LogP) is 0.931. The molecule has 0 radical (unpaired) electrons. The van der Waals surface area contributed by atoms with Crippen molar-refractivity contribution in [3.8, 4) is 5.75 Å². The number of carbonyl (C=O) groups excluding carboxylic acids is 1. The first-order valence-electron chi connectivity index (χ1n) is 7.36. The van der Waals surface area contributed by atoms with Crippen LogP contribution < -0.4 is 4.90 Å². The van der Waals surface area contributed by atoms with E-state index < -0.39 is 11.6 Å². The van der Waals surface area contributed by atoms with Gasteiger partial charge in [-0.15, -0.1) is 10.2 Å². The van der Waals surface area contributed by atoms with Gasteiger partial charge in [0.1, 0.15) is 5.82 Å². The third kappa shape index (κ3) is 2.84. The Kier molecular flexibility index (Phi) is 3.89. The van der Waals surface area contributed by atoms with Crippen LogP contribution in [0, 0.1) is 12.7 Å². The summed E-state index contributed by atoms with van der Waals surface area (Å²) in [5.74, 6) is 0.133. The van der Waals surface area contributed by atoms with Crippen LogP contribution in [0.15, 0.2) is 18.2 Å². The van der Waals surface area contributed by atoms with Gasteiger partial charge in [0.2, 0.25) is 5.95 Å². The third-order valence-electron chi connectivity index (χ3n) is 4.11. The van der Waals surface area contributed by atoms with Crippen molar-refractivity contribution in [3.05, 3.63) is 35.4 Å². The van der Waals surface area contributed by atoms with E-state index in [0.29, 0.717) is 26.2 Å². The molecule has 1 aromatic carbocycles. The number of halogens is 1. The van der Waals surface area contributed by atoms with E-state index >= 15 is 0 Å². The smallest absolute Gasteiger partial charge is 0.254 e. The van der Waals surface area contributed by atoms with Crippen LogP contribution in [-0.2, 0) is 7.05 Å². The summed E-state index contributed by atoms with van der Waals surface area (Å²) in [4.78, 5) is 16.1. The summed E-state index contributed by atoms with van der Waals surface area (Å²) < 4.78 is 15.3. The second-order valence-corrected chi connectivity index (χ2v) is 5.55. The number of phenolic OH excluding ortho intramolecular Hbond substituents is 1. The highest BCUT2D eigenvalue weighted by Crippen LogP contribution is 2.19. The second kappa shape index (κ2) is 5.86. The number of piperazine rings is 1. The van der Waals surface area contributed by atoms with Crippen LogP contribution in [0.5, 0.6) is 5.75 Å². The third-order valence-corrected chi connectivity index (χ3v) is 4.11. The molecule has 0 unspecified atom stereocenters. The summed E-state index contributed by atoms with van der Waals surface area (Å²) >= 11 is 0. The second-order valence-electron chi connectivity index (χ2n) is 5.55. The molecule has 2 heterocycles. The molecule has 1 N–H and O–H groups in total. The topological polar surface area (TPSA) is 74.5 Å². The molecule has 8 heteroatoms. The van der Waals surface area contributed by atoms with Crippen molar-refractivity contribution in [3.63, 3.8) is 0 Å². The van der Waals surface area contributed by atoms with Gasteiger partial charge < -0.3 is 19.5 Å². The van der Waals surface area contributed by atoms with Gasteiger partial charge in [-0.3, -0.25) is 4.79 Å². The summed E-state index contributed by atoms with van der Waals surface area (Å²) in [5, 5.41) is 17.4. The summed E-state index contributed by atoms with van der Waals surface area (Å²) in [5.41, 5.74) is 0.239. The van der Waals surface area contributed by atoms with Gasteiger partial charge in [0.25, 0.3) is 5.91 Å². The molecule has 23 heavy (non-hydrogen) atoms. The van der Waals surface area contributed by atoms with Crippen LogP contribution in [0.25, 0.3) is 0 Å². The molecule has 0 saturated carbocycles.